The molecule has 0 amide bonds. The van der Waals surface area contributed by atoms with E-state index >= 15 is 0 Å². The molecule has 2 heterocycles. The molecule has 3 unspecified atom stereocenters. The molecule has 0 fully saturated rings. The van der Waals surface area contributed by atoms with Gasteiger partial charge in [0.1, 0.15) is 25.7 Å². The first-order valence-electron chi connectivity index (χ1n) is 11.2. The first-order valence-corrected chi connectivity index (χ1v) is 11.2. The largest absolute Gasteiger partial charge is 0.382 e. The Morgan fingerprint density at radius 1 is 1.21 bits per heavy atom. The van der Waals surface area contributed by atoms with E-state index in [1.165, 1.54) is 41.3 Å². The second kappa shape index (κ2) is 7.94. The van der Waals surface area contributed by atoms with Crippen LogP contribution in [-0.2, 0) is 19.5 Å². The zero-order valence-corrected chi connectivity index (χ0v) is 17.4. The number of rotatable bonds is 6. The Hall–Kier alpha value is -2.14. The van der Waals surface area contributed by atoms with E-state index in [1.54, 1.807) is 16.2 Å². The second-order valence-electron chi connectivity index (χ2n) is 8.96. The molecule has 3 atom stereocenters. The number of nitrogens with one attached hydrogen (secondary N) is 1. The lowest BCUT2D eigenvalue weighted by Crippen LogP contribution is -3.15. The zero-order valence-electron chi connectivity index (χ0n) is 17.4. The molecule has 3 aromatic rings. The van der Waals surface area contributed by atoms with Crippen LogP contribution >= 0.6 is 0 Å². The van der Waals surface area contributed by atoms with Gasteiger partial charge in [-0.05, 0) is 37.5 Å². The molecule has 5 rings (SSSR count). The van der Waals surface area contributed by atoms with Crippen LogP contribution < -0.4 is 10.2 Å². The Bertz CT molecular complexity index is 994. The fourth-order valence-corrected chi connectivity index (χ4v) is 5.59. The van der Waals surface area contributed by atoms with E-state index in [4.69, 9.17) is 0 Å². The molecule has 2 aromatic carbocycles. The molecule has 29 heavy (non-hydrogen) atoms. The third kappa shape index (κ3) is 3.61. The van der Waals surface area contributed by atoms with Crippen molar-refractivity contribution in [1.29, 1.82) is 0 Å². The highest BCUT2D eigenvalue weighted by Crippen LogP contribution is 2.37. The van der Waals surface area contributed by atoms with Crippen LogP contribution in [0.15, 0.2) is 48.5 Å². The predicted molar refractivity (Wildman–Crippen MR) is 116 cm³/mol. The Balaban J connectivity index is 1.29. The summed E-state index contributed by atoms with van der Waals surface area (Å²) < 4.78 is 2.59. The predicted octanol–water partition coefficient (Wildman–Crippen LogP) is 1.35. The van der Waals surface area contributed by atoms with Gasteiger partial charge < -0.3 is 19.9 Å². The van der Waals surface area contributed by atoms with Gasteiger partial charge in [-0.15, -0.1) is 0 Å². The van der Waals surface area contributed by atoms with Crippen molar-refractivity contribution in [3.8, 4) is 0 Å². The van der Waals surface area contributed by atoms with Crippen LogP contribution in [0.3, 0.4) is 0 Å². The van der Waals surface area contributed by atoms with Gasteiger partial charge in [-0.2, -0.15) is 0 Å². The molecular weight excluding hydrogens is 358 g/mol. The summed E-state index contributed by atoms with van der Waals surface area (Å²) in [5.41, 5.74) is 7.25. The number of nitrogens with two attached hydrogens (primary N) is 1. The van der Waals surface area contributed by atoms with Crippen molar-refractivity contribution in [2.24, 2.45) is 0 Å². The molecule has 0 saturated heterocycles. The summed E-state index contributed by atoms with van der Waals surface area (Å²) in [6, 6.07) is 18.0. The minimum atomic E-state index is -0.253. The van der Waals surface area contributed by atoms with E-state index in [9.17, 15) is 5.11 Å². The summed E-state index contributed by atoms with van der Waals surface area (Å²) in [4.78, 5) is 1.58. The van der Waals surface area contributed by atoms with Gasteiger partial charge >= 0.3 is 0 Å². The summed E-state index contributed by atoms with van der Waals surface area (Å²) in [6.07, 6.45) is 3.47. The van der Waals surface area contributed by atoms with Crippen LogP contribution in [0, 0.1) is 6.92 Å². The van der Waals surface area contributed by atoms with Crippen molar-refractivity contribution in [3.05, 3.63) is 70.9 Å². The van der Waals surface area contributed by atoms with Crippen LogP contribution in [0.1, 0.15) is 41.3 Å². The van der Waals surface area contributed by atoms with Crippen LogP contribution in [-0.4, -0.2) is 35.4 Å². The molecular formula is C25H33N3O+2. The second-order valence-corrected chi connectivity index (χ2v) is 8.96. The maximum atomic E-state index is 10.7. The summed E-state index contributed by atoms with van der Waals surface area (Å²) in [7, 11) is 0. The van der Waals surface area contributed by atoms with Gasteiger partial charge in [-0.1, -0.05) is 42.0 Å². The number of hydrogen-bond donors (Lipinski definition) is 3. The molecule has 1 aliphatic carbocycles. The number of fused-ring (bicyclic) bond motifs is 3. The van der Waals surface area contributed by atoms with Gasteiger partial charge in [0.15, 0.2) is 6.10 Å². The molecule has 0 spiro atoms. The summed E-state index contributed by atoms with van der Waals surface area (Å²) in [6.45, 7) is 6.96. The highest BCUT2D eigenvalue weighted by Gasteiger charge is 2.38. The van der Waals surface area contributed by atoms with E-state index < -0.39 is 0 Å². The minimum Gasteiger partial charge on any atom is -0.382 e. The van der Waals surface area contributed by atoms with Crippen molar-refractivity contribution in [2.45, 2.75) is 51.4 Å². The number of nitrogens with zero attached hydrogens (tertiary/aromatic N) is 1. The minimum absolute atomic E-state index is 0.253. The number of aliphatic hydroxyl groups excluding tert-OH is 1. The van der Waals surface area contributed by atoms with Gasteiger partial charge in [0, 0.05) is 22.9 Å². The molecule has 0 radical (unpaired) electrons. The molecule has 1 aromatic heterocycles. The standard InChI is InChI=1S/C25H31N3O/c1-18-10-11-23-22(14-18)21-8-5-9-24-25(21)28(23)13-12-27(24)17-20(29)16-26-15-19-6-3-2-4-7-19/h2-4,6-7,10-11,14,20,24,26,29H,5,8-9,12-13,15-17H2,1H3/p+2. The molecule has 4 heteroatoms. The highest BCUT2D eigenvalue weighted by atomic mass is 16.3. The monoisotopic (exact) mass is 391 g/mol. The average Bonchev–Trinajstić information content (AvgIpc) is 3.05. The third-order valence-corrected chi connectivity index (χ3v) is 6.93. The van der Waals surface area contributed by atoms with E-state index in [1.807, 2.05) is 0 Å². The molecule has 4 N–H and O–H groups in total. The fourth-order valence-electron chi connectivity index (χ4n) is 5.59. The van der Waals surface area contributed by atoms with E-state index in [2.05, 4.69) is 65.3 Å². The fraction of sp³-hybridized carbons (Fsp3) is 0.440. The summed E-state index contributed by atoms with van der Waals surface area (Å²) >= 11 is 0. The number of benzene rings is 2. The van der Waals surface area contributed by atoms with Gasteiger partial charge in [-0.25, -0.2) is 0 Å². The molecule has 4 nitrogen and oxygen atoms in total. The lowest BCUT2D eigenvalue weighted by atomic mass is 9.89. The smallest absolute Gasteiger partial charge is 0.151 e. The van der Waals surface area contributed by atoms with Gasteiger partial charge in [0.25, 0.3) is 0 Å². The SMILES string of the molecule is Cc1ccc2c(c1)c1c3n2CC[NH+](CC(O)C[NH2+]Cc2ccccc2)C3CCC1. The normalized spacial score (nSPS) is 21.9. The molecule has 152 valence electrons. The van der Waals surface area contributed by atoms with Crippen molar-refractivity contribution in [1.82, 2.24) is 4.57 Å². The topological polar surface area (TPSA) is 46.2 Å². The third-order valence-electron chi connectivity index (χ3n) is 6.93. The van der Waals surface area contributed by atoms with Crippen molar-refractivity contribution in [3.63, 3.8) is 0 Å². The Morgan fingerprint density at radius 3 is 2.93 bits per heavy atom. The first-order chi connectivity index (χ1) is 14.2. The first kappa shape index (κ1) is 18.9. The van der Waals surface area contributed by atoms with Crippen molar-refractivity contribution >= 4 is 10.9 Å². The quantitative estimate of drug-likeness (QED) is 0.584. The maximum Gasteiger partial charge on any atom is 0.151 e. The number of aliphatic hydroxyl groups is 1. The zero-order chi connectivity index (χ0) is 19.8. The lowest BCUT2D eigenvalue weighted by Gasteiger charge is -2.37. The van der Waals surface area contributed by atoms with Crippen LogP contribution in [0.25, 0.3) is 10.9 Å². The van der Waals surface area contributed by atoms with Crippen molar-refractivity contribution in [2.75, 3.05) is 19.6 Å². The van der Waals surface area contributed by atoms with Gasteiger partial charge in [0.05, 0.1) is 18.8 Å². The van der Waals surface area contributed by atoms with Crippen LogP contribution in [0.2, 0.25) is 0 Å². The number of quaternary nitrogens is 2. The van der Waals surface area contributed by atoms with Gasteiger partial charge in [0.2, 0.25) is 0 Å². The maximum absolute atomic E-state index is 10.7. The van der Waals surface area contributed by atoms with Crippen LogP contribution in [0.4, 0.5) is 0 Å². The number of hydrogen-bond acceptors (Lipinski definition) is 1. The number of aromatic nitrogens is 1. The van der Waals surface area contributed by atoms with E-state index in [0.29, 0.717) is 6.04 Å². The summed E-state index contributed by atoms with van der Waals surface area (Å²) in [5.74, 6) is 0. The highest BCUT2D eigenvalue weighted by molar-refractivity contribution is 5.86. The molecule has 0 bridgehead atoms. The van der Waals surface area contributed by atoms with E-state index in [0.717, 1.165) is 32.7 Å². The number of aryl methyl sites for hydroxylation is 2. The molecule has 0 saturated carbocycles. The van der Waals surface area contributed by atoms with E-state index in [-0.39, 0.29) is 6.10 Å². The molecule has 1 aliphatic heterocycles. The summed E-state index contributed by atoms with van der Waals surface area (Å²) in [5, 5.41) is 14.5. The van der Waals surface area contributed by atoms with Gasteiger partial charge in [-0.3, -0.25) is 0 Å². The average molecular weight is 392 g/mol. The van der Waals surface area contributed by atoms with Crippen molar-refractivity contribution < 1.29 is 15.3 Å². The lowest BCUT2D eigenvalue weighted by molar-refractivity contribution is -0.941. The van der Waals surface area contributed by atoms with Crippen LogP contribution in [0.5, 0.6) is 0 Å². The Kier molecular flexibility index (Phi) is 5.17. The Labute approximate surface area is 173 Å². The Morgan fingerprint density at radius 2 is 2.07 bits per heavy atom. The molecule has 2 aliphatic rings.